The van der Waals surface area contributed by atoms with Gasteiger partial charge >= 0.3 is 0 Å². The van der Waals surface area contributed by atoms with E-state index in [-0.39, 0.29) is 16.7 Å². The molecule has 0 spiro atoms. The van der Waals surface area contributed by atoms with Gasteiger partial charge in [0.1, 0.15) is 5.58 Å². The maximum Gasteiger partial charge on any atom is 0.260 e. The number of ether oxygens (including phenoxy) is 1. The van der Waals surface area contributed by atoms with Gasteiger partial charge in [-0.15, -0.1) is 0 Å². The number of halogens is 1. The molecule has 0 saturated carbocycles. The minimum absolute atomic E-state index is 0.0589. The van der Waals surface area contributed by atoms with E-state index in [4.69, 9.17) is 9.15 Å². The third kappa shape index (κ3) is 2.63. The number of aromatic nitrogens is 2. The Labute approximate surface area is 148 Å². The predicted molar refractivity (Wildman–Crippen MR) is 94.1 cm³/mol. The van der Waals surface area contributed by atoms with Crippen LogP contribution in [0.15, 0.2) is 47.1 Å². The molecule has 0 fully saturated rings. The zero-order chi connectivity index (χ0) is 18.3. The fourth-order valence-corrected chi connectivity index (χ4v) is 2.87. The molecule has 6 nitrogen and oxygen atoms in total. The fraction of sp³-hybridized carbons (Fsp3) is 0.105. The standard InChI is InChI=1S/C19H14FN3O3/c1-10-7-11(5-6-21-10)16-17(14-8-13(20)18(16)26-14)19(24)23-12-3-4-15(25-2)22-9-12/h3-9H,1-2H3,(H,23,24). The lowest BCUT2D eigenvalue weighted by molar-refractivity contribution is 0.102. The number of amides is 1. The largest absolute Gasteiger partial charge is 0.481 e. The summed E-state index contributed by atoms with van der Waals surface area (Å²) < 4.78 is 24.5. The van der Waals surface area contributed by atoms with Gasteiger partial charge in [-0.3, -0.25) is 9.78 Å². The van der Waals surface area contributed by atoms with Crippen molar-refractivity contribution in [3.05, 3.63) is 59.8 Å². The topological polar surface area (TPSA) is 77.2 Å². The summed E-state index contributed by atoms with van der Waals surface area (Å²) in [7, 11) is 1.51. The number of rotatable bonds is 4. The Bertz CT molecular complexity index is 1090. The molecule has 2 bridgehead atoms. The molecule has 4 heterocycles. The number of methoxy groups -OCH3 is 1. The van der Waals surface area contributed by atoms with Crippen LogP contribution in [-0.4, -0.2) is 23.0 Å². The average Bonchev–Trinajstić information content (AvgIpc) is 3.19. The summed E-state index contributed by atoms with van der Waals surface area (Å²) in [4.78, 5) is 21.0. The molecule has 0 aliphatic carbocycles. The molecule has 0 saturated heterocycles. The molecule has 4 aromatic rings. The molecule has 0 atom stereocenters. The Balaban J connectivity index is 1.75. The van der Waals surface area contributed by atoms with Gasteiger partial charge in [-0.25, -0.2) is 9.37 Å². The number of hydrogen-bond donors (Lipinski definition) is 1. The summed E-state index contributed by atoms with van der Waals surface area (Å²) in [5.41, 5.74) is 2.87. The molecule has 0 aliphatic rings. The molecule has 0 radical (unpaired) electrons. The van der Waals surface area contributed by atoms with Crippen molar-refractivity contribution < 1.29 is 18.3 Å². The van der Waals surface area contributed by atoms with Gasteiger partial charge in [0.25, 0.3) is 5.91 Å². The van der Waals surface area contributed by atoms with Crippen molar-refractivity contribution in [1.82, 2.24) is 9.97 Å². The molecule has 0 aliphatic heterocycles. The van der Waals surface area contributed by atoms with Crippen LogP contribution in [0.3, 0.4) is 0 Å². The smallest absolute Gasteiger partial charge is 0.260 e. The number of anilines is 1. The maximum absolute atomic E-state index is 14.1. The Morgan fingerprint density at radius 3 is 2.77 bits per heavy atom. The van der Waals surface area contributed by atoms with E-state index in [2.05, 4.69) is 15.3 Å². The zero-order valence-corrected chi connectivity index (χ0v) is 14.0. The number of fused-ring (bicyclic) bond motifs is 2. The van der Waals surface area contributed by atoms with E-state index < -0.39 is 11.7 Å². The molecule has 1 amide bonds. The number of nitrogens with zero attached hydrogens (tertiary/aromatic N) is 2. The van der Waals surface area contributed by atoms with Crippen LogP contribution in [0.2, 0.25) is 0 Å². The number of pyridine rings is 2. The van der Waals surface area contributed by atoms with Crippen LogP contribution < -0.4 is 10.1 Å². The number of aryl methyl sites for hydroxylation is 1. The van der Waals surface area contributed by atoms with Gasteiger partial charge < -0.3 is 14.5 Å². The maximum atomic E-state index is 14.1. The molecular formula is C19H14FN3O3. The zero-order valence-electron chi connectivity index (χ0n) is 14.0. The Morgan fingerprint density at radius 1 is 1.23 bits per heavy atom. The lowest BCUT2D eigenvalue weighted by Gasteiger charge is -2.08. The molecule has 1 N–H and O–H groups in total. The first-order valence-electron chi connectivity index (χ1n) is 7.85. The molecule has 0 unspecified atom stereocenters. The van der Waals surface area contributed by atoms with E-state index in [9.17, 15) is 9.18 Å². The number of hydrogen-bond acceptors (Lipinski definition) is 5. The monoisotopic (exact) mass is 351 g/mol. The van der Waals surface area contributed by atoms with Crippen molar-refractivity contribution in [2.45, 2.75) is 6.92 Å². The number of benzene rings is 1. The van der Waals surface area contributed by atoms with E-state index in [0.717, 1.165) is 5.69 Å². The van der Waals surface area contributed by atoms with E-state index >= 15 is 0 Å². The van der Waals surface area contributed by atoms with Crippen LogP contribution in [0.5, 0.6) is 5.88 Å². The first-order chi connectivity index (χ1) is 12.6. The SMILES string of the molecule is COc1ccc(NC(=O)c2c(-c3ccnc(C)c3)c3oc2cc3F)cn1. The lowest BCUT2D eigenvalue weighted by atomic mass is 9.99. The highest BCUT2D eigenvalue weighted by atomic mass is 19.1. The molecule has 4 rings (SSSR count). The van der Waals surface area contributed by atoms with E-state index in [1.807, 2.05) is 6.92 Å². The molecule has 7 heteroatoms. The van der Waals surface area contributed by atoms with Gasteiger partial charge in [0.05, 0.1) is 24.6 Å². The van der Waals surface area contributed by atoms with Gasteiger partial charge in [0, 0.05) is 29.6 Å². The summed E-state index contributed by atoms with van der Waals surface area (Å²) in [5, 5.41) is 2.75. The van der Waals surface area contributed by atoms with Crippen LogP contribution in [0.1, 0.15) is 16.1 Å². The quantitative estimate of drug-likeness (QED) is 0.600. The first-order valence-corrected chi connectivity index (χ1v) is 7.85. The second-order valence-electron chi connectivity index (χ2n) is 5.77. The van der Waals surface area contributed by atoms with Gasteiger partial charge in [-0.2, -0.15) is 0 Å². The Morgan fingerprint density at radius 2 is 2.08 bits per heavy atom. The van der Waals surface area contributed by atoms with E-state index in [1.165, 1.54) is 19.4 Å². The Hall–Kier alpha value is -3.48. The number of carbonyl (C=O) groups is 1. The van der Waals surface area contributed by atoms with Gasteiger partial charge in [0.2, 0.25) is 5.88 Å². The first kappa shape index (κ1) is 16.0. The Kier molecular flexibility index (Phi) is 3.76. The van der Waals surface area contributed by atoms with E-state index in [1.54, 1.807) is 30.5 Å². The van der Waals surface area contributed by atoms with Crippen LogP contribution in [0, 0.1) is 12.7 Å². The highest BCUT2D eigenvalue weighted by molar-refractivity contribution is 6.16. The molecule has 26 heavy (non-hydrogen) atoms. The molecule has 130 valence electrons. The van der Waals surface area contributed by atoms with Gasteiger partial charge in [-0.1, -0.05) is 0 Å². The number of carbonyl (C=O) groups excluding carboxylic acids is 1. The van der Waals surface area contributed by atoms with Gasteiger partial charge in [0.15, 0.2) is 11.4 Å². The lowest BCUT2D eigenvalue weighted by Crippen LogP contribution is -2.13. The summed E-state index contributed by atoms with van der Waals surface area (Å²) in [6.45, 7) is 1.82. The van der Waals surface area contributed by atoms with Crippen molar-refractivity contribution in [2.75, 3.05) is 12.4 Å². The summed E-state index contributed by atoms with van der Waals surface area (Å²) in [6, 6.07) is 8.02. The summed E-state index contributed by atoms with van der Waals surface area (Å²) in [5.74, 6) is -0.462. The minimum Gasteiger partial charge on any atom is -0.481 e. The third-order valence-corrected chi connectivity index (χ3v) is 4.03. The molecular weight excluding hydrogens is 337 g/mol. The van der Waals surface area contributed by atoms with Crippen LogP contribution in [0.25, 0.3) is 22.3 Å². The van der Waals surface area contributed by atoms with Crippen LogP contribution in [0.4, 0.5) is 10.1 Å². The third-order valence-electron chi connectivity index (χ3n) is 4.03. The number of furan rings is 2. The van der Waals surface area contributed by atoms with E-state index in [0.29, 0.717) is 22.7 Å². The average molecular weight is 351 g/mol. The second kappa shape index (κ2) is 6.11. The number of nitrogens with one attached hydrogen (secondary N) is 1. The predicted octanol–water partition coefficient (Wildman–Crippen LogP) is 4.04. The van der Waals surface area contributed by atoms with Gasteiger partial charge in [-0.05, 0) is 30.7 Å². The molecule has 0 aromatic carbocycles. The highest BCUT2D eigenvalue weighted by Crippen LogP contribution is 2.39. The summed E-state index contributed by atoms with van der Waals surface area (Å²) in [6.07, 6.45) is 3.09. The van der Waals surface area contributed by atoms with Crippen molar-refractivity contribution >= 4 is 22.8 Å². The van der Waals surface area contributed by atoms with Crippen molar-refractivity contribution in [3.63, 3.8) is 0 Å². The molecule has 4 aromatic heterocycles. The van der Waals surface area contributed by atoms with Crippen molar-refractivity contribution in [3.8, 4) is 17.0 Å². The minimum atomic E-state index is -0.493. The normalized spacial score (nSPS) is 11.0. The second-order valence-corrected chi connectivity index (χ2v) is 5.77. The van der Waals surface area contributed by atoms with Crippen LogP contribution >= 0.6 is 0 Å². The fourth-order valence-electron chi connectivity index (χ4n) is 2.87. The van der Waals surface area contributed by atoms with Crippen molar-refractivity contribution in [2.24, 2.45) is 0 Å². The van der Waals surface area contributed by atoms with Crippen molar-refractivity contribution in [1.29, 1.82) is 0 Å². The van der Waals surface area contributed by atoms with Crippen LogP contribution in [-0.2, 0) is 0 Å². The summed E-state index contributed by atoms with van der Waals surface area (Å²) >= 11 is 0. The highest BCUT2D eigenvalue weighted by Gasteiger charge is 2.27.